The van der Waals surface area contributed by atoms with Crippen LogP contribution in [0.25, 0.3) is 0 Å². The van der Waals surface area contributed by atoms with Gasteiger partial charge in [0.2, 0.25) is 0 Å². The van der Waals surface area contributed by atoms with Crippen LogP contribution in [0.5, 0.6) is 0 Å². The van der Waals surface area contributed by atoms with E-state index in [4.69, 9.17) is 11.6 Å². The van der Waals surface area contributed by atoms with Crippen LogP contribution in [0.2, 0.25) is 0 Å². The van der Waals surface area contributed by atoms with Crippen molar-refractivity contribution in [3.05, 3.63) is 29.8 Å². The Bertz CT molecular complexity index is 335. The largest absolute Gasteiger partial charge is 0.382 e. The summed E-state index contributed by atoms with van der Waals surface area (Å²) in [6.45, 7) is 0. The average molecular weight is 194 g/mol. The molecule has 0 bridgehead atoms. The molecule has 0 aliphatic rings. The van der Waals surface area contributed by atoms with Crippen LogP contribution < -0.4 is 16.9 Å². The quantitative estimate of drug-likeness (QED) is 0.217. The lowest BCUT2D eigenvalue weighted by Crippen LogP contribution is -2.15. The van der Waals surface area contributed by atoms with Crippen LogP contribution >= 0.6 is 12.2 Å². The van der Waals surface area contributed by atoms with E-state index in [1.165, 1.54) is 5.49 Å². The predicted octanol–water partition coefficient (Wildman–Crippen LogP) is 0.635. The molecule has 68 valence electrons. The number of thiocarbonyl (C=S) groups is 1. The standard InChI is InChI=1S/C8H10N4S/c9-8(12-10)6-2-1-3-7(4-6)11-5-13/h1-5H,10H2,(H2,9,12)(H,11,13). The molecule has 0 atom stereocenters. The highest BCUT2D eigenvalue weighted by Crippen LogP contribution is 2.09. The van der Waals surface area contributed by atoms with E-state index in [0.29, 0.717) is 5.84 Å². The molecule has 0 heterocycles. The molecule has 0 radical (unpaired) electrons. The van der Waals surface area contributed by atoms with Crippen LogP contribution in [0, 0.1) is 0 Å². The number of amidine groups is 1. The molecule has 0 aromatic heterocycles. The van der Waals surface area contributed by atoms with Gasteiger partial charge in [-0.25, -0.2) is 0 Å². The van der Waals surface area contributed by atoms with Gasteiger partial charge in [0.05, 0.1) is 5.49 Å². The van der Waals surface area contributed by atoms with Gasteiger partial charge in [0.1, 0.15) is 5.84 Å². The smallest absolute Gasteiger partial charge is 0.150 e. The third-order valence-electron chi connectivity index (χ3n) is 1.52. The Labute approximate surface area is 81.6 Å². The zero-order valence-electron chi connectivity index (χ0n) is 6.90. The number of anilines is 1. The number of rotatable bonds is 3. The lowest BCUT2D eigenvalue weighted by Gasteiger charge is -2.02. The fourth-order valence-corrected chi connectivity index (χ4v) is 1.05. The first-order chi connectivity index (χ1) is 6.27. The average Bonchev–Trinajstić information content (AvgIpc) is 2.18. The first-order valence-corrected chi connectivity index (χ1v) is 4.09. The van der Waals surface area contributed by atoms with Gasteiger partial charge in [0.25, 0.3) is 0 Å². The first-order valence-electron chi connectivity index (χ1n) is 3.62. The van der Waals surface area contributed by atoms with Crippen LogP contribution in [0.15, 0.2) is 29.4 Å². The van der Waals surface area contributed by atoms with Crippen LogP contribution in [-0.2, 0) is 0 Å². The summed E-state index contributed by atoms with van der Waals surface area (Å²) in [5, 5.41) is 6.26. The number of hydrogen-bond donors (Lipinski definition) is 3. The fraction of sp³-hybridized carbons (Fsp3) is 0. The van der Waals surface area contributed by atoms with Crippen LogP contribution in [-0.4, -0.2) is 11.3 Å². The third-order valence-corrected chi connectivity index (χ3v) is 1.64. The van der Waals surface area contributed by atoms with Crippen molar-refractivity contribution in [1.29, 1.82) is 0 Å². The second kappa shape index (κ2) is 4.42. The van der Waals surface area contributed by atoms with Crippen molar-refractivity contribution in [2.24, 2.45) is 16.7 Å². The molecule has 4 nitrogen and oxygen atoms in total. The van der Waals surface area contributed by atoms with Crippen molar-refractivity contribution in [3.8, 4) is 0 Å². The monoisotopic (exact) mass is 194 g/mol. The summed E-state index contributed by atoms with van der Waals surface area (Å²) in [4.78, 5) is 0. The molecular formula is C8H10N4S. The van der Waals surface area contributed by atoms with Crippen molar-refractivity contribution in [1.82, 2.24) is 0 Å². The zero-order valence-corrected chi connectivity index (χ0v) is 7.71. The number of nitrogens with one attached hydrogen (secondary N) is 1. The second-order valence-electron chi connectivity index (χ2n) is 2.36. The summed E-state index contributed by atoms with van der Waals surface area (Å²) in [7, 11) is 0. The normalized spacial score (nSPS) is 10.9. The molecular weight excluding hydrogens is 184 g/mol. The molecule has 5 N–H and O–H groups in total. The Morgan fingerprint density at radius 1 is 1.54 bits per heavy atom. The van der Waals surface area contributed by atoms with Crippen molar-refractivity contribution in [2.45, 2.75) is 0 Å². The van der Waals surface area contributed by atoms with E-state index in [1.54, 1.807) is 0 Å². The Hall–Kier alpha value is -1.62. The number of nitrogens with two attached hydrogens (primary N) is 2. The molecule has 0 fully saturated rings. The highest BCUT2D eigenvalue weighted by atomic mass is 32.1. The molecule has 1 aromatic rings. The van der Waals surface area contributed by atoms with Crippen molar-refractivity contribution < 1.29 is 0 Å². The van der Waals surface area contributed by atoms with E-state index in [0.717, 1.165) is 11.3 Å². The van der Waals surface area contributed by atoms with Crippen LogP contribution in [0.4, 0.5) is 5.69 Å². The molecule has 0 aliphatic carbocycles. The number of hydrazone groups is 1. The van der Waals surface area contributed by atoms with E-state index < -0.39 is 0 Å². The Morgan fingerprint density at radius 2 is 2.31 bits per heavy atom. The molecule has 0 aliphatic heterocycles. The van der Waals surface area contributed by atoms with E-state index >= 15 is 0 Å². The second-order valence-corrected chi connectivity index (χ2v) is 2.59. The molecule has 5 heteroatoms. The van der Waals surface area contributed by atoms with Gasteiger partial charge in [-0.1, -0.05) is 24.4 Å². The van der Waals surface area contributed by atoms with Crippen molar-refractivity contribution >= 4 is 29.2 Å². The minimum atomic E-state index is 0.299. The summed E-state index contributed by atoms with van der Waals surface area (Å²) in [6.07, 6.45) is 0. The maximum atomic E-state index is 5.52. The summed E-state index contributed by atoms with van der Waals surface area (Å²) in [6, 6.07) is 7.35. The summed E-state index contributed by atoms with van der Waals surface area (Å²) in [5.74, 6) is 5.34. The number of nitrogens with zero attached hydrogens (tertiary/aromatic N) is 1. The number of hydrogen-bond acceptors (Lipinski definition) is 3. The van der Waals surface area contributed by atoms with Gasteiger partial charge in [0, 0.05) is 11.3 Å². The molecule has 0 spiro atoms. The third kappa shape index (κ3) is 2.41. The molecule has 0 unspecified atom stereocenters. The molecule has 0 saturated heterocycles. The van der Waals surface area contributed by atoms with Gasteiger partial charge in [0.15, 0.2) is 0 Å². The Kier molecular flexibility index (Phi) is 3.22. The van der Waals surface area contributed by atoms with Crippen LogP contribution in [0.3, 0.4) is 0 Å². The van der Waals surface area contributed by atoms with E-state index in [-0.39, 0.29) is 0 Å². The van der Waals surface area contributed by atoms with Crippen molar-refractivity contribution in [3.63, 3.8) is 0 Å². The summed E-state index contributed by atoms with van der Waals surface area (Å²) >= 11 is 4.65. The first kappa shape index (κ1) is 9.47. The van der Waals surface area contributed by atoms with E-state index in [2.05, 4.69) is 22.6 Å². The molecule has 13 heavy (non-hydrogen) atoms. The van der Waals surface area contributed by atoms with Crippen molar-refractivity contribution in [2.75, 3.05) is 5.32 Å². The summed E-state index contributed by atoms with van der Waals surface area (Å²) < 4.78 is 0. The van der Waals surface area contributed by atoms with Gasteiger partial charge in [-0.05, 0) is 12.1 Å². The maximum absolute atomic E-state index is 5.52. The topological polar surface area (TPSA) is 76.4 Å². The zero-order chi connectivity index (χ0) is 9.68. The lowest BCUT2D eigenvalue weighted by molar-refractivity contribution is 1.23. The predicted molar refractivity (Wildman–Crippen MR) is 58.6 cm³/mol. The molecule has 1 rings (SSSR count). The van der Waals surface area contributed by atoms with Gasteiger partial charge in [-0.3, -0.25) is 0 Å². The van der Waals surface area contributed by atoms with Gasteiger partial charge >= 0.3 is 0 Å². The van der Waals surface area contributed by atoms with Gasteiger partial charge in [-0.2, -0.15) is 5.10 Å². The fourth-order valence-electron chi connectivity index (χ4n) is 0.911. The Balaban J connectivity index is 2.97. The summed E-state index contributed by atoms with van der Waals surface area (Å²) in [5.41, 5.74) is 8.57. The van der Waals surface area contributed by atoms with E-state index in [1.807, 2.05) is 24.3 Å². The van der Waals surface area contributed by atoms with Gasteiger partial charge < -0.3 is 16.9 Å². The minimum absolute atomic E-state index is 0.299. The maximum Gasteiger partial charge on any atom is 0.150 e. The molecule has 0 saturated carbocycles. The van der Waals surface area contributed by atoms with E-state index in [9.17, 15) is 0 Å². The molecule has 0 amide bonds. The highest BCUT2D eigenvalue weighted by Gasteiger charge is 1.97. The highest BCUT2D eigenvalue weighted by molar-refractivity contribution is 7.79. The van der Waals surface area contributed by atoms with Gasteiger partial charge in [-0.15, -0.1) is 0 Å². The lowest BCUT2D eigenvalue weighted by atomic mass is 10.2. The SMILES string of the molecule is N/N=C(\N)c1cccc(NC=S)c1. The number of benzene rings is 1. The Morgan fingerprint density at radius 3 is 2.92 bits per heavy atom. The minimum Gasteiger partial charge on any atom is -0.382 e. The molecule has 1 aromatic carbocycles. The van der Waals surface area contributed by atoms with Crippen LogP contribution in [0.1, 0.15) is 5.56 Å².